The number of nitrogens with one attached hydrogen (secondary N) is 2. The molecule has 4 aromatic rings. The molecule has 184 valence electrons. The molecule has 2 bridgehead atoms. The fourth-order valence-electron chi connectivity index (χ4n) is 5.50. The van der Waals surface area contributed by atoms with Crippen LogP contribution in [0.4, 0.5) is 13.2 Å². The number of benzene rings is 1. The molecular formula is C26H22F3N5O2. The summed E-state index contributed by atoms with van der Waals surface area (Å²) in [7, 11) is 0. The molecule has 0 radical (unpaired) electrons. The van der Waals surface area contributed by atoms with Crippen molar-refractivity contribution < 1.29 is 18.0 Å². The van der Waals surface area contributed by atoms with Crippen molar-refractivity contribution in [3.05, 3.63) is 87.6 Å². The van der Waals surface area contributed by atoms with Crippen molar-refractivity contribution in [3.8, 4) is 0 Å². The largest absolute Gasteiger partial charge is 0.347 e. The molecule has 10 heteroatoms. The van der Waals surface area contributed by atoms with Crippen molar-refractivity contribution in [3.63, 3.8) is 0 Å². The quantitative estimate of drug-likeness (QED) is 0.412. The van der Waals surface area contributed by atoms with Gasteiger partial charge in [-0.25, -0.2) is 18.2 Å². The van der Waals surface area contributed by atoms with Crippen molar-refractivity contribution in [2.24, 2.45) is 5.41 Å². The minimum atomic E-state index is -1.03. The van der Waals surface area contributed by atoms with Gasteiger partial charge in [-0.1, -0.05) is 6.07 Å². The molecule has 7 rings (SSSR count). The number of carbonyl (C=O) groups excluding carboxylic acids is 1. The van der Waals surface area contributed by atoms with Crippen LogP contribution in [0.5, 0.6) is 0 Å². The molecule has 0 unspecified atom stereocenters. The third-order valence-corrected chi connectivity index (χ3v) is 7.13. The Kier molecular flexibility index (Phi) is 5.11. The molecule has 3 aliphatic rings. The van der Waals surface area contributed by atoms with Crippen molar-refractivity contribution in [2.75, 3.05) is 6.54 Å². The Morgan fingerprint density at radius 2 is 1.89 bits per heavy atom. The van der Waals surface area contributed by atoms with Gasteiger partial charge in [-0.05, 0) is 54.5 Å². The normalized spacial score (nSPS) is 22.3. The highest BCUT2D eigenvalue weighted by Crippen LogP contribution is 2.69. The molecular weight excluding hydrogens is 471 g/mol. The molecule has 3 aromatic heterocycles. The van der Waals surface area contributed by atoms with Crippen molar-refractivity contribution in [1.82, 2.24) is 25.0 Å². The smallest absolute Gasteiger partial charge is 0.270 e. The van der Waals surface area contributed by atoms with Crippen LogP contribution < -0.4 is 16.2 Å². The standard InChI is InChI=1S/C26H22F3N5O2/c27-21-17(10-30-14-25-11-26(29,12-25)13-25)6-16-5-15(8-31-23(16)22(21)28)9-32-24(36)18-7-20(35)34-4-2-1-3-19(34)33-18/h1-8,30H,9-14H2,(H,32,36). The first-order valence-electron chi connectivity index (χ1n) is 11.7. The molecule has 0 aliphatic heterocycles. The summed E-state index contributed by atoms with van der Waals surface area (Å²) >= 11 is 0. The lowest BCUT2D eigenvalue weighted by Gasteiger charge is -2.66. The van der Waals surface area contributed by atoms with Gasteiger partial charge in [0.05, 0.1) is 0 Å². The van der Waals surface area contributed by atoms with E-state index in [2.05, 4.69) is 20.6 Å². The average Bonchev–Trinajstić information content (AvgIpc) is 2.83. The Labute approximate surface area is 203 Å². The first kappa shape index (κ1) is 22.7. The highest BCUT2D eigenvalue weighted by atomic mass is 19.2. The van der Waals surface area contributed by atoms with Crippen molar-refractivity contribution >= 4 is 22.5 Å². The van der Waals surface area contributed by atoms with Gasteiger partial charge in [0, 0.05) is 49.0 Å². The van der Waals surface area contributed by atoms with E-state index in [9.17, 15) is 22.8 Å². The Morgan fingerprint density at radius 1 is 1.08 bits per heavy atom. The molecule has 3 saturated carbocycles. The van der Waals surface area contributed by atoms with Crippen molar-refractivity contribution in [2.45, 2.75) is 38.0 Å². The maximum absolute atomic E-state index is 14.7. The summed E-state index contributed by atoms with van der Waals surface area (Å²) < 4.78 is 44.3. The number of fused-ring (bicyclic) bond motifs is 2. The molecule has 0 spiro atoms. The Balaban J connectivity index is 1.16. The van der Waals surface area contributed by atoms with E-state index in [0.717, 1.165) is 6.07 Å². The lowest BCUT2D eigenvalue weighted by atomic mass is 9.42. The van der Waals surface area contributed by atoms with Gasteiger partial charge in [0.1, 0.15) is 22.5 Å². The molecule has 36 heavy (non-hydrogen) atoms. The number of pyridine rings is 2. The van der Waals surface area contributed by atoms with E-state index in [4.69, 9.17) is 0 Å². The van der Waals surface area contributed by atoms with Crippen LogP contribution in [0.15, 0.2) is 53.6 Å². The molecule has 3 aliphatic carbocycles. The van der Waals surface area contributed by atoms with Gasteiger partial charge in [-0.15, -0.1) is 0 Å². The zero-order valence-corrected chi connectivity index (χ0v) is 19.2. The lowest BCUT2D eigenvalue weighted by Crippen LogP contribution is -2.67. The summed E-state index contributed by atoms with van der Waals surface area (Å²) in [4.78, 5) is 33.1. The number of amides is 1. The maximum Gasteiger partial charge on any atom is 0.270 e. The third kappa shape index (κ3) is 3.81. The number of halogens is 3. The summed E-state index contributed by atoms with van der Waals surface area (Å²) in [5, 5.41) is 6.22. The average molecular weight is 493 g/mol. The Hall–Kier alpha value is -3.79. The lowest BCUT2D eigenvalue weighted by molar-refractivity contribution is -0.209. The SMILES string of the molecule is O=C(NCc1cnc2c(F)c(F)c(CNCC34CC(F)(C3)C4)cc2c1)c1cc(=O)n2ccccc2n1. The highest BCUT2D eigenvalue weighted by molar-refractivity contribution is 5.92. The van der Waals surface area contributed by atoms with Crippen LogP contribution in [0.25, 0.3) is 16.6 Å². The van der Waals surface area contributed by atoms with Crippen LogP contribution in [0, 0.1) is 17.0 Å². The van der Waals surface area contributed by atoms with Gasteiger partial charge in [0.2, 0.25) is 0 Å². The van der Waals surface area contributed by atoms with Crippen LogP contribution >= 0.6 is 0 Å². The van der Waals surface area contributed by atoms with Gasteiger partial charge in [0.25, 0.3) is 11.5 Å². The monoisotopic (exact) mass is 493 g/mol. The van der Waals surface area contributed by atoms with E-state index < -0.39 is 23.2 Å². The molecule has 0 saturated heterocycles. The zero-order valence-electron chi connectivity index (χ0n) is 19.2. The first-order chi connectivity index (χ1) is 17.2. The highest BCUT2D eigenvalue weighted by Gasteiger charge is 2.68. The van der Waals surface area contributed by atoms with E-state index in [1.807, 2.05) is 0 Å². The maximum atomic E-state index is 14.7. The number of alkyl halides is 1. The van der Waals surface area contributed by atoms with Gasteiger partial charge in [-0.2, -0.15) is 0 Å². The second kappa shape index (κ2) is 8.12. The third-order valence-electron chi connectivity index (χ3n) is 7.13. The number of carbonyl (C=O) groups is 1. The number of nitrogens with zero attached hydrogens (tertiary/aromatic N) is 3. The van der Waals surface area contributed by atoms with E-state index in [1.54, 1.807) is 30.5 Å². The molecule has 7 nitrogen and oxygen atoms in total. The van der Waals surface area contributed by atoms with Crippen LogP contribution in [0.1, 0.15) is 40.9 Å². The summed E-state index contributed by atoms with van der Waals surface area (Å²) in [6.45, 7) is 0.732. The molecule has 1 amide bonds. The molecule has 3 fully saturated rings. The van der Waals surface area contributed by atoms with Crippen LogP contribution in [0.3, 0.4) is 0 Å². The van der Waals surface area contributed by atoms with E-state index in [-0.39, 0.29) is 40.8 Å². The summed E-state index contributed by atoms with van der Waals surface area (Å²) in [6.07, 6.45) is 4.52. The topological polar surface area (TPSA) is 88.4 Å². The second-order valence-corrected chi connectivity index (χ2v) is 9.95. The predicted molar refractivity (Wildman–Crippen MR) is 126 cm³/mol. The van der Waals surface area contributed by atoms with Gasteiger partial charge in [-0.3, -0.25) is 19.0 Å². The Morgan fingerprint density at radius 3 is 2.67 bits per heavy atom. The number of hydrogen-bond donors (Lipinski definition) is 2. The number of hydrogen-bond acceptors (Lipinski definition) is 5. The summed E-state index contributed by atoms with van der Waals surface area (Å²) in [5.41, 5.74) is -0.475. The van der Waals surface area contributed by atoms with E-state index in [1.165, 1.54) is 16.7 Å². The van der Waals surface area contributed by atoms with Gasteiger partial charge < -0.3 is 10.6 Å². The first-order valence-corrected chi connectivity index (χ1v) is 11.7. The fraction of sp³-hybridized carbons (Fsp3) is 0.308. The zero-order chi connectivity index (χ0) is 25.1. The summed E-state index contributed by atoms with van der Waals surface area (Å²) in [6, 6.07) is 9.34. The molecule has 1 aromatic carbocycles. The predicted octanol–water partition coefficient (Wildman–Crippen LogP) is 3.43. The number of rotatable bonds is 7. The minimum Gasteiger partial charge on any atom is -0.347 e. The van der Waals surface area contributed by atoms with E-state index >= 15 is 0 Å². The van der Waals surface area contributed by atoms with Gasteiger partial charge in [0.15, 0.2) is 11.6 Å². The minimum absolute atomic E-state index is 0.0242. The van der Waals surface area contributed by atoms with Crippen LogP contribution in [-0.2, 0) is 13.1 Å². The molecule has 0 atom stereocenters. The number of aromatic nitrogens is 3. The van der Waals surface area contributed by atoms with Crippen molar-refractivity contribution in [1.29, 1.82) is 0 Å². The van der Waals surface area contributed by atoms with Crippen LogP contribution in [-0.4, -0.2) is 32.5 Å². The van der Waals surface area contributed by atoms with Crippen LogP contribution in [0.2, 0.25) is 0 Å². The summed E-state index contributed by atoms with van der Waals surface area (Å²) in [5.74, 6) is -2.54. The fourth-order valence-corrected chi connectivity index (χ4v) is 5.50. The molecule has 2 N–H and O–H groups in total. The molecule has 3 heterocycles. The van der Waals surface area contributed by atoms with Gasteiger partial charge >= 0.3 is 0 Å². The second-order valence-electron chi connectivity index (χ2n) is 9.95. The van der Waals surface area contributed by atoms with E-state index in [0.29, 0.717) is 42.4 Å². The Bertz CT molecular complexity index is 1580.